The molecule has 0 aliphatic carbocycles. The molecule has 0 amide bonds. The highest BCUT2D eigenvalue weighted by Gasteiger charge is 2.22. The number of hydrogen-bond acceptors (Lipinski definition) is 3. The van der Waals surface area contributed by atoms with Gasteiger partial charge in [0.15, 0.2) is 5.17 Å². The summed E-state index contributed by atoms with van der Waals surface area (Å²) in [6.07, 6.45) is 1.68. The third-order valence-corrected chi connectivity index (χ3v) is 3.52. The molecule has 0 radical (unpaired) electrons. The number of furan rings is 1. The average molecular weight is 224 g/mol. The van der Waals surface area contributed by atoms with E-state index in [1.54, 1.807) is 18.0 Å². The van der Waals surface area contributed by atoms with E-state index in [4.69, 9.17) is 4.42 Å². The SMILES string of the molecule is CC(C)C1CSC(=NCc2ccco2)N1. The maximum Gasteiger partial charge on any atom is 0.157 e. The van der Waals surface area contributed by atoms with Crippen LogP contribution in [0.2, 0.25) is 0 Å². The molecular formula is C11H16N2OS. The smallest absolute Gasteiger partial charge is 0.157 e. The van der Waals surface area contributed by atoms with Crippen LogP contribution in [0.5, 0.6) is 0 Å². The Labute approximate surface area is 94.3 Å². The van der Waals surface area contributed by atoms with E-state index in [-0.39, 0.29) is 0 Å². The molecule has 82 valence electrons. The van der Waals surface area contributed by atoms with Gasteiger partial charge < -0.3 is 9.73 Å². The highest BCUT2D eigenvalue weighted by Crippen LogP contribution is 2.19. The van der Waals surface area contributed by atoms with Crippen LogP contribution < -0.4 is 5.32 Å². The molecule has 0 aromatic carbocycles. The van der Waals surface area contributed by atoms with Crippen LogP contribution in [0, 0.1) is 5.92 Å². The van der Waals surface area contributed by atoms with Crippen molar-refractivity contribution in [3.05, 3.63) is 24.2 Å². The number of nitrogens with zero attached hydrogens (tertiary/aromatic N) is 1. The van der Waals surface area contributed by atoms with E-state index in [2.05, 4.69) is 24.2 Å². The predicted octanol–water partition coefficient (Wildman–Crippen LogP) is 2.50. The average Bonchev–Trinajstić information content (AvgIpc) is 2.86. The van der Waals surface area contributed by atoms with E-state index in [1.165, 1.54) is 0 Å². The second kappa shape index (κ2) is 4.75. The molecule has 1 aromatic rings. The molecule has 0 bridgehead atoms. The standard InChI is InChI=1S/C11H16N2OS/c1-8(2)10-7-15-11(13-10)12-6-9-4-3-5-14-9/h3-5,8,10H,6-7H2,1-2H3,(H,12,13). The first kappa shape index (κ1) is 10.6. The van der Waals surface area contributed by atoms with Gasteiger partial charge in [-0.2, -0.15) is 0 Å². The maximum atomic E-state index is 5.22. The molecule has 1 fully saturated rings. The zero-order valence-corrected chi connectivity index (χ0v) is 9.88. The molecule has 1 aliphatic rings. The summed E-state index contributed by atoms with van der Waals surface area (Å²) in [4.78, 5) is 4.47. The van der Waals surface area contributed by atoms with Crippen molar-refractivity contribution in [2.45, 2.75) is 26.4 Å². The highest BCUT2D eigenvalue weighted by atomic mass is 32.2. The number of rotatable bonds is 3. The molecule has 1 unspecified atom stereocenters. The van der Waals surface area contributed by atoms with Gasteiger partial charge in [0.1, 0.15) is 5.76 Å². The first-order chi connectivity index (χ1) is 7.25. The Morgan fingerprint density at radius 1 is 1.67 bits per heavy atom. The van der Waals surface area contributed by atoms with Crippen LogP contribution in [0.3, 0.4) is 0 Å². The summed E-state index contributed by atoms with van der Waals surface area (Å²) in [6, 6.07) is 4.40. The lowest BCUT2D eigenvalue weighted by Gasteiger charge is -2.12. The van der Waals surface area contributed by atoms with Gasteiger partial charge in [-0.05, 0) is 18.1 Å². The van der Waals surface area contributed by atoms with Crippen molar-refractivity contribution in [1.82, 2.24) is 5.32 Å². The van der Waals surface area contributed by atoms with Crippen molar-refractivity contribution in [3.8, 4) is 0 Å². The van der Waals surface area contributed by atoms with Crippen LogP contribution in [0.25, 0.3) is 0 Å². The van der Waals surface area contributed by atoms with Gasteiger partial charge in [0.2, 0.25) is 0 Å². The third-order valence-electron chi connectivity index (χ3n) is 2.47. The fraction of sp³-hybridized carbons (Fsp3) is 0.545. The molecule has 1 saturated heterocycles. The monoisotopic (exact) mass is 224 g/mol. The lowest BCUT2D eigenvalue weighted by Crippen LogP contribution is -2.31. The van der Waals surface area contributed by atoms with Crippen LogP contribution in [-0.2, 0) is 6.54 Å². The van der Waals surface area contributed by atoms with Gasteiger partial charge in [-0.25, -0.2) is 0 Å². The number of amidine groups is 1. The minimum Gasteiger partial charge on any atom is -0.467 e. The second-order valence-corrected chi connectivity index (χ2v) is 5.02. The van der Waals surface area contributed by atoms with Crippen LogP contribution >= 0.6 is 11.8 Å². The number of aliphatic imine (C=N–C) groups is 1. The summed E-state index contributed by atoms with van der Waals surface area (Å²) >= 11 is 1.80. The van der Waals surface area contributed by atoms with E-state index in [0.29, 0.717) is 18.5 Å². The van der Waals surface area contributed by atoms with E-state index in [9.17, 15) is 0 Å². The van der Waals surface area contributed by atoms with Crippen molar-refractivity contribution < 1.29 is 4.42 Å². The van der Waals surface area contributed by atoms with Gasteiger partial charge in [0.25, 0.3) is 0 Å². The third kappa shape index (κ3) is 2.78. The lowest BCUT2D eigenvalue weighted by atomic mass is 10.1. The predicted molar refractivity (Wildman–Crippen MR) is 64.1 cm³/mol. The zero-order chi connectivity index (χ0) is 10.7. The summed E-state index contributed by atoms with van der Waals surface area (Å²) in [5.41, 5.74) is 0. The lowest BCUT2D eigenvalue weighted by molar-refractivity contribution is 0.499. The molecule has 1 N–H and O–H groups in total. The minimum atomic E-state index is 0.561. The van der Waals surface area contributed by atoms with Crippen molar-refractivity contribution in [2.75, 3.05) is 5.75 Å². The summed E-state index contributed by atoms with van der Waals surface area (Å²) in [7, 11) is 0. The molecule has 3 nitrogen and oxygen atoms in total. The van der Waals surface area contributed by atoms with Gasteiger partial charge in [-0.3, -0.25) is 4.99 Å². The van der Waals surface area contributed by atoms with E-state index in [1.807, 2.05) is 12.1 Å². The van der Waals surface area contributed by atoms with Crippen LogP contribution in [-0.4, -0.2) is 17.0 Å². The Morgan fingerprint density at radius 2 is 2.53 bits per heavy atom. The van der Waals surface area contributed by atoms with E-state index >= 15 is 0 Å². The first-order valence-corrected chi connectivity index (χ1v) is 6.20. The topological polar surface area (TPSA) is 37.5 Å². The van der Waals surface area contributed by atoms with Gasteiger partial charge in [0.05, 0.1) is 12.8 Å². The van der Waals surface area contributed by atoms with Gasteiger partial charge >= 0.3 is 0 Å². The molecule has 1 aromatic heterocycles. The summed E-state index contributed by atoms with van der Waals surface area (Å²) in [5, 5.41) is 4.47. The molecule has 15 heavy (non-hydrogen) atoms. The second-order valence-electron chi connectivity index (χ2n) is 4.01. The zero-order valence-electron chi connectivity index (χ0n) is 9.06. The summed E-state index contributed by atoms with van der Waals surface area (Å²) in [5.74, 6) is 2.70. The quantitative estimate of drug-likeness (QED) is 0.857. The molecule has 2 rings (SSSR count). The highest BCUT2D eigenvalue weighted by molar-refractivity contribution is 8.14. The molecule has 0 saturated carbocycles. The molecule has 0 spiro atoms. The number of hydrogen-bond donors (Lipinski definition) is 1. The van der Waals surface area contributed by atoms with Crippen LogP contribution in [0.4, 0.5) is 0 Å². The van der Waals surface area contributed by atoms with Crippen molar-refractivity contribution in [2.24, 2.45) is 10.9 Å². The molecule has 1 atom stereocenters. The van der Waals surface area contributed by atoms with Gasteiger partial charge in [-0.15, -0.1) is 0 Å². The van der Waals surface area contributed by atoms with Crippen LogP contribution in [0.1, 0.15) is 19.6 Å². The molecule has 1 aliphatic heterocycles. The number of nitrogens with one attached hydrogen (secondary N) is 1. The Bertz CT molecular complexity index is 332. The largest absolute Gasteiger partial charge is 0.467 e. The first-order valence-electron chi connectivity index (χ1n) is 5.22. The molecule has 2 heterocycles. The Hall–Kier alpha value is -0.900. The Balaban J connectivity index is 1.88. The summed E-state index contributed by atoms with van der Waals surface area (Å²) < 4.78 is 5.22. The van der Waals surface area contributed by atoms with Crippen molar-refractivity contribution in [1.29, 1.82) is 0 Å². The fourth-order valence-electron chi connectivity index (χ4n) is 1.41. The van der Waals surface area contributed by atoms with Crippen LogP contribution in [0.15, 0.2) is 27.8 Å². The van der Waals surface area contributed by atoms with Crippen molar-refractivity contribution in [3.63, 3.8) is 0 Å². The van der Waals surface area contributed by atoms with Gasteiger partial charge in [0, 0.05) is 11.8 Å². The molecule has 4 heteroatoms. The summed E-state index contributed by atoms with van der Waals surface area (Å²) in [6.45, 7) is 5.09. The van der Waals surface area contributed by atoms with E-state index in [0.717, 1.165) is 16.7 Å². The van der Waals surface area contributed by atoms with Gasteiger partial charge in [-0.1, -0.05) is 25.6 Å². The van der Waals surface area contributed by atoms with Crippen molar-refractivity contribution >= 4 is 16.9 Å². The Morgan fingerprint density at radius 3 is 3.13 bits per heavy atom. The Kier molecular flexibility index (Phi) is 3.36. The molecular weight excluding hydrogens is 208 g/mol. The van der Waals surface area contributed by atoms with E-state index < -0.39 is 0 Å². The normalized spacial score (nSPS) is 23.7. The maximum absolute atomic E-state index is 5.22. The number of thioether (sulfide) groups is 1. The minimum absolute atomic E-state index is 0.561. The fourth-order valence-corrected chi connectivity index (χ4v) is 2.61.